The quantitative estimate of drug-likeness (QED) is 0.461. The van der Waals surface area contributed by atoms with Gasteiger partial charge < -0.3 is 10.1 Å². The minimum atomic E-state index is -1.06. The molecule has 136 valence electrons. The van der Waals surface area contributed by atoms with Crippen molar-refractivity contribution in [2.24, 2.45) is 0 Å². The predicted octanol–water partition coefficient (Wildman–Crippen LogP) is 4.27. The third-order valence-corrected chi connectivity index (χ3v) is 3.76. The third kappa shape index (κ3) is 4.77. The highest BCUT2D eigenvalue weighted by Crippen LogP contribution is 2.25. The van der Waals surface area contributed by atoms with E-state index in [1.165, 1.54) is 13.0 Å². The van der Waals surface area contributed by atoms with E-state index in [0.29, 0.717) is 0 Å². The molecule has 0 saturated carbocycles. The molecule has 0 aliphatic carbocycles. The monoisotopic (exact) mass is 401 g/mol. The predicted molar refractivity (Wildman–Crippen MR) is 91.7 cm³/mol. The summed E-state index contributed by atoms with van der Waals surface area (Å²) in [5.74, 6) is -4.06. The van der Waals surface area contributed by atoms with Crippen molar-refractivity contribution in [1.82, 2.24) is 0 Å². The number of ketones is 1. The fourth-order valence-electron chi connectivity index (χ4n) is 1.99. The van der Waals surface area contributed by atoms with Crippen molar-refractivity contribution in [3.63, 3.8) is 0 Å². The van der Waals surface area contributed by atoms with E-state index in [1.54, 1.807) is 0 Å². The Labute approximate surface area is 156 Å². The van der Waals surface area contributed by atoms with Crippen molar-refractivity contribution in [1.29, 1.82) is 0 Å². The molecule has 2 rings (SSSR count). The van der Waals surface area contributed by atoms with Gasteiger partial charge in [0.1, 0.15) is 11.6 Å². The Bertz CT molecular complexity index is 903. The summed E-state index contributed by atoms with van der Waals surface area (Å²) in [5.41, 5.74) is -0.477. The molecule has 2 aromatic rings. The van der Waals surface area contributed by atoms with Crippen molar-refractivity contribution in [2.45, 2.75) is 6.92 Å². The van der Waals surface area contributed by atoms with Crippen LogP contribution in [0, 0.1) is 11.6 Å². The minimum absolute atomic E-state index is 0.153. The van der Waals surface area contributed by atoms with Crippen molar-refractivity contribution in [3.8, 4) is 0 Å². The Morgan fingerprint density at radius 2 is 1.69 bits per heavy atom. The fraction of sp³-hybridized carbons (Fsp3) is 0.118. The van der Waals surface area contributed by atoms with E-state index < -0.39 is 35.9 Å². The maximum absolute atomic E-state index is 14.0. The van der Waals surface area contributed by atoms with Crippen LogP contribution in [0.2, 0.25) is 10.0 Å². The number of hydrogen-bond donors (Lipinski definition) is 1. The normalized spacial score (nSPS) is 10.3. The van der Waals surface area contributed by atoms with Crippen LogP contribution in [0.4, 0.5) is 14.5 Å². The summed E-state index contributed by atoms with van der Waals surface area (Å²) >= 11 is 11.3. The summed E-state index contributed by atoms with van der Waals surface area (Å²) in [6.45, 7) is 0.469. The third-order valence-electron chi connectivity index (χ3n) is 3.15. The summed E-state index contributed by atoms with van der Waals surface area (Å²) in [5, 5.41) is 1.94. The van der Waals surface area contributed by atoms with E-state index in [0.717, 1.165) is 24.3 Å². The zero-order chi connectivity index (χ0) is 19.4. The van der Waals surface area contributed by atoms with Crippen molar-refractivity contribution < 1.29 is 27.9 Å². The number of nitrogens with one attached hydrogen (secondary N) is 1. The molecule has 0 heterocycles. The number of carbonyl (C=O) groups is 3. The molecule has 0 saturated heterocycles. The SMILES string of the molecule is CC(=O)Nc1ccc(C(=O)COC(=O)c2cc(F)c(Cl)cc2Cl)c(F)c1. The van der Waals surface area contributed by atoms with Crippen molar-refractivity contribution in [3.05, 3.63) is 63.1 Å². The van der Waals surface area contributed by atoms with Crippen LogP contribution < -0.4 is 5.32 Å². The number of anilines is 1. The van der Waals surface area contributed by atoms with Crippen LogP contribution in [0.1, 0.15) is 27.6 Å². The smallest absolute Gasteiger partial charge is 0.340 e. The lowest BCUT2D eigenvalue weighted by atomic mass is 10.1. The number of Topliss-reactive ketones (excluding diaryl/α,β-unsaturated/α-hetero) is 1. The van der Waals surface area contributed by atoms with Gasteiger partial charge in [0.15, 0.2) is 6.61 Å². The van der Waals surface area contributed by atoms with Gasteiger partial charge in [0.25, 0.3) is 0 Å². The summed E-state index contributed by atoms with van der Waals surface area (Å²) in [6, 6.07) is 5.23. The first-order chi connectivity index (χ1) is 12.2. The molecular weight excluding hydrogens is 391 g/mol. The van der Waals surface area contributed by atoms with Gasteiger partial charge in [0.2, 0.25) is 11.7 Å². The molecule has 5 nitrogen and oxygen atoms in total. The number of amides is 1. The van der Waals surface area contributed by atoms with Gasteiger partial charge in [-0.15, -0.1) is 0 Å². The molecule has 1 N–H and O–H groups in total. The molecule has 0 fully saturated rings. The van der Waals surface area contributed by atoms with Crippen LogP contribution in [-0.2, 0) is 9.53 Å². The minimum Gasteiger partial charge on any atom is -0.454 e. The molecule has 9 heteroatoms. The molecule has 0 bridgehead atoms. The van der Waals surface area contributed by atoms with Crippen LogP contribution in [0.15, 0.2) is 30.3 Å². The number of ether oxygens (including phenoxy) is 1. The largest absolute Gasteiger partial charge is 0.454 e. The summed E-state index contributed by atoms with van der Waals surface area (Å²) in [7, 11) is 0. The number of halogens is 4. The van der Waals surface area contributed by atoms with Crippen LogP contribution >= 0.6 is 23.2 Å². The molecule has 0 aliphatic heterocycles. The Balaban J connectivity index is 2.08. The number of carbonyl (C=O) groups excluding carboxylic acids is 3. The Morgan fingerprint density at radius 1 is 1.00 bits per heavy atom. The van der Waals surface area contributed by atoms with Crippen LogP contribution in [-0.4, -0.2) is 24.3 Å². The summed E-state index contributed by atoms with van der Waals surface area (Å²) in [6.07, 6.45) is 0. The fourth-order valence-corrected chi connectivity index (χ4v) is 2.45. The Hall–Kier alpha value is -2.51. The van der Waals surface area contributed by atoms with Crippen LogP contribution in [0.3, 0.4) is 0 Å². The van der Waals surface area contributed by atoms with E-state index in [4.69, 9.17) is 27.9 Å². The number of esters is 1. The summed E-state index contributed by atoms with van der Waals surface area (Å²) < 4.78 is 32.1. The maximum Gasteiger partial charge on any atom is 0.340 e. The van der Waals surface area contributed by atoms with Gasteiger partial charge in [0.05, 0.1) is 21.2 Å². The van der Waals surface area contributed by atoms with Crippen molar-refractivity contribution in [2.75, 3.05) is 11.9 Å². The van der Waals surface area contributed by atoms with Crippen molar-refractivity contribution >= 4 is 46.5 Å². The molecule has 26 heavy (non-hydrogen) atoms. The molecular formula is C17H11Cl2F2NO4. The number of hydrogen-bond acceptors (Lipinski definition) is 4. The second-order valence-corrected chi connectivity index (χ2v) is 5.94. The lowest BCUT2D eigenvalue weighted by Crippen LogP contribution is -2.16. The Kier molecular flexibility index (Phi) is 6.28. The van der Waals surface area contributed by atoms with E-state index in [1.807, 2.05) is 0 Å². The van der Waals surface area contributed by atoms with Gasteiger partial charge in [-0.05, 0) is 30.3 Å². The van der Waals surface area contributed by atoms with E-state index in [-0.39, 0.29) is 26.9 Å². The second-order valence-electron chi connectivity index (χ2n) is 5.12. The van der Waals surface area contributed by atoms with E-state index >= 15 is 0 Å². The number of benzene rings is 2. The van der Waals surface area contributed by atoms with Gasteiger partial charge in [-0.2, -0.15) is 0 Å². The first kappa shape index (κ1) is 19.8. The highest BCUT2D eigenvalue weighted by atomic mass is 35.5. The van der Waals surface area contributed by atoms with Gasteiger partial charge in [0, 0.05) is 12.6 Å². The lowest BCUT2D eigenvalue weighted by molar-refractivity contribution is -0.114. The van der Waals surface area contributed by atoms with E-state index in [9.17, 15) is 23.2 Å². The van der Waals surface area contributed by atoms with Gasteiger partial charge >= 0.3 is 5.97 Å². The molecule has 0 unspecified atom stereocenters. The van der Waals surface area contributed by atoms with Gasteiger partial charge in [-0.25, -0.2) is 13.6 Å². The average Bonchev–Trinajstić information content (AvgIpc) is 2.55. The van der Waals surface area contributed by atoms with E-state index in [2.05, 4.69) is 5.32 Å². The average molecular weight is 402 g/mol. The zero-order valence-electron chi connectivity index (χ0n) is 13.2. The molecule has 1 amide bonds. The first-order valence-corrected chi connectivity index (χ1v) is 7.86. The maximum atomic E-state index is 14.0. The second kappa shape index (κ2) is 8.25. The topological polar surface area (TPSA) is 72.5 Å². The molecule has 0 spiro atoms. The zero-order valence-corrected chi connectivity index (χ0v) is 14.8. The molecule has 2 aromatic carbocycles. The number of rotatable bonds is 5. The summed E-state index contributed by atoms with van der Waals surface area (Å²) in [4.78, 5) is 34.8. The highest BCUT2D eigenvalue weighted by molar-refractivity contribution is 6.36. The molecule has 0 aliphatic rings. The molecule has 0 aromatic heterocycles. The lowest BCUT2D eigenvalue weighted by Gasteiger charge is -2.08. The van der Waals surface area contributed by atoms with Crippen LogP contribution in [0.25, 0.3) is 0 Å². The molecule has 0 atom stereocenters. The Morgan fingerprint density at radius 3 is 2.31 bits per heavy atom. The highest BCUT2D eigenvalue weighted by Gasteiger charge is 2.19. The van der Waals surface area contributed by atoms with Gasteiger partial charge in [-0.1, -0.05) is 23.2 Å². The van der Waals surface area contributed by atoms with Gasteiger partial charge in [-0.3, -0.25) is 9.59 Å². The standard InChI is InChI=1S/C17H11Cl2F2NO4/c1-8(23)22-9-2-3-10(14(20)4-9)16(24)7-26-17(25)11-5-15(21)13(19)6-12(11)18/h2-6H,7H2,1H3,(H,22,23). The first-order valence-electron chi connectivity index (χ1n) is 7.11. The van der Waals surface area contributed by atoms with Crippen LogP contribution in [0.5, 0.6) is 0 Å². The molecule has 0 radical (unpaired) electrons.